The van der Waals surface area contributed by atoms with Crippen LogP contribution in [0.5, 0.6) is 0 Å². The van der Waals surface area contributed by atoms with E-state index in [2.05, 4.69) is 15.5 Å². The molecule has 0 spiro atoms. The molecule has 1 aliphatic rings. The molecule has 160 valence electrons. The van der Waals surface area contributed by atoms with Crippen LogP contribution in [-0.4, -0.2) is 40.0 Å². The minimum Gasteiger partial charge on any atom is -0.343 e. The minimum absolute atomic E-state index is 0.00508. The molecule has 3 aromatic rings. The number of aromatic nitrogens is 2. The predicted octanol–water partition coefficient (Wildman–Crippen LogP) is 2.99. The molecule has 2 amide bonds. The van der Waals surface area contributed by atoms with Crippen molar-refractivity contribution >= 4 is 28.3 Å². The van der Waals surface area contributed by atoms with E-state index < -0.39 is 11.7 Å². The fraction of sp³-hybridized carbons (Fsp3) is 0.304. The van der Waals surface area contributed by atoms with Gasteiger partial charge < -0.3 is 10.2 Å². The van der Waals surface area contributed by atoms with Crippen LogP contribution in [0, 0.1) is 5.82 Å². The first-order chi connectivity index (χ1) is 15.0. The van der Waals surface area contributed by atoms with Crippen molar-refractivity contribution in [3.8, 4) is 0 Å². The van der Waals surface area contributed by atoms with Gasteiger partial charge in [0.05, 0.1) is 16.8 Å². The molecule has 0 aliphatic carbocycles. The van der Waals surface area contributed by atoms with E-state index in [9.17, 15) is 18.8 Å². The number of nitrogens with zero attached hydrogens (tertiary/aromatic N) is 2. The molecule has 2 N–H and O–H groups in total. The lowest BCUT2D eigenvalue weighted by Gasteiger charge is -2.15. The van der Waals surface area contributed by atoms with E-state index in [1.165, 1.54) is 6.07 Å². The van der Waals surface area contributed by atoms with Gasteiger partial charge in [0.25, 0.3) is 5.56 Å². The number of H-pyrrole nitrogens is 1. The fourth-order valence-electron chi connectivity index (χ4n) is 3.84. The summed E-state index contributed by atoms with van der Waals surface area (Å²) in [6.07, 6.45) is 2.46. The zero-order valence-corrected chi connectivity index (χ0v) is 17.0. The summed E-state index contributed by atoms with van der Waals surface area (Å²) >= 11 is 0. The van der Waals surface area contributed by atoms with Crippen molar-refractivity contribution in [1.82, 2.24) is 15.1 Å². The summed E-state index contributed by atoms with van der Waals surface area (Å²) in [7, 11) is 0. The van der Waals surface area contributed by atoms with Gasteiger partial charge in [0.15, 0.2) is 0 Å². The Morgan fingerprint density at radius 3 is 2.58 bits per heavy atom. The van der Waals surface area contributed by atoms with Crippen LogP contribution in [0.2, 0.25) is 0 Å². The van der Waals surface area contributed by atoms with Gasteiger partial charge in [0, 0.05) is 37.7 Å². The highest BCUT2D eigenvalue weighted by Gasteiger charge is 2.19. The Hall–Kier alpha value is -3.55. The van der Waals surface area contributed by atoms with Crippen LogP contribution in [0.25, 0.3) is 10.8 Å². The van der Waals surface area contributed by atoms with Gasteiger partial charge in [0.1, 0.15) is 5.82 Å². The Morgan fingerprint density at radius 1 is 1.06 bits per heavy atom. The summed E-state index contributed by atoms with van der Waals surface area (Å²) in [6, 6.07) is 11.6. The van der Waals surface area contributed by atoms with Crippen LogP contribution in [0.4, 0.5) is 10.1 Å². The van der Waals surface area contributed by atoms with Gasteiger partial charge >= 0.3 is 0 Å². The highest BCUT2D eigenvalue weighted by Crippen LogP contribution is 2.21. The molecule has 4 rings (SSSR count). The van der Waals surface area contributed by atoms with Crippen molar-refractivity contribution in [3.05, 3.63) is 69.9 Å². The van der Waals surface area contributed by atoms with Crippen LogP contribution in [0.15, 0.2) is 47.3 Å². The SMILES string of the molecule is O=C(CCC(=O)N1CCCC1)Nc1cc(Cc2n[nH]c(=O)c3ccccc23)ccc1F. The van der Waals surface area contributed by atoms with Crippen LogP contribution in [0.1, 0.15) is 36.9 Å². The Bertz CT molecular complexity index is 1180. The lowest BCUT2D eigenvalue weighted by molar-refractivity contribution is -0.131. The van der Waals surface area contributed by atoms with Crippen LogP contribution in [-0.2, 0) is 16.0 Å². The van der Waals surface area contributed by atoms with Crippen LogP contribution < -0.4 is 10.9 Å². The fourth-order valence-corrected chi connectivity index (χ4v) is 3.84. The van der Waals surface area contributed by atoms with E-state index in [0.29, 0.717) is 17.5 Å². The highest BCUT2D eigenvalue weighted by molar-refractivity contribution is 5.93. The van der Waals surface area contributed by atoms with Crippen molar-refractivity contribution < 1.29 is 14.0 Å². The lowest BCUT2D eigenvalue weighted by Crippen LogP contribution is -2.28. The molecule has 0 bridgehead atoms. The molecule has 1 fully saturated rings. The number of likely N-dealkylation sites (tertiary alicyclic amines) is 1. The molecule has 0 unspecified atom stereocenters. The first kappa shape index (κ1) is 20.7. The summed E-state index contributed by atoms with van der Waals surface area (Å²) in [5.41, 5.74) is 1.17. The molecule has 7 nitrogen and oxygen atoms in total. The third-order valence-corrected chi connectivity index (χ3v) is 5.48. The Kier molecular flexibility index (Phi) is 6.06. The van der Waals surface area contributed by atoms with E-state index in [1.807, 2.05) is 12.1 Å². The van der Waals surface area contributed by atoms with Gasteiger partial charge in [-0.1, -0.05) is 24.3 Å². The van der Waals surface area contributed by atoms with Crippen molar-refractivity contribution in [3.63, 3.8) is 0 Å². The quantitative estimate of drug-likeness (QED) is 0.638. The summed E-state index contributed by atoms with van der Waals surface area (Å²) in [4.78, 5) is 38.1. The van der Waals surface area contributed by atoms with Gasteiger partial charge in [-0.25, -0.2) is 9.49 Å². The minimum atomic E-state index is -0.553. The smallest absolute Gasteiger partial charge is 0.272 e. The first-order valence-electron chi connectivity index (χ1n) is 10.3. The van der Waals surface area contributed by atoms with Gasteiger partial charge in [0.2, 0.25) is 11.8 Å². The van der Waals surface area contributed by atoms with Crippen molar-refractivity contribution in [2.24, 2.45) is 0 Å². The molecular weight excluding hydrogens is 399 g/mol. The zero-order valence-electron chi connectivity index (χ0n) is 17.0. The predicted molar refractivity (Wildman–Crippen MR) is 115 cm³/mol. The first-order valence-corrected chi connectivity index (χ1v) is 10.3. The Morgan fingerprint density at radius 2 is 1.81 bits per heavy atom. The third-order valence-electron chi connectivity index (χ3n) is 5.48. The number of nitrogens with one attached hydrogen (secondary N) is 2. The molecular formula is C23H23FN4O3. The molecule has 0 radical (unpaired) electrons. The number of amides is 2. The number of halogens is 1. The Labute approximate surface area is 178 Å². The molecule has 31 heavy (non-hydrogen) atoms. The lowest BCUT2D eigenvalue weighted by atomic mass is 10.0. The average molecular weight is 422 g/mol. The van der Waals surface area contributed by atoms with Crippen LogP contribution >= 0.6 is 0 Å². The second-order valence-electron chi connectivity index (χ2n) is 7.67. The normalized spacial score (nSPS) is 13.5. The van der Waals surface area contributed by atoms with E-state index in [1.54, 1.807) is 29.2 Å². The zero-order chi connectivity index (χ0) is 21.8. The number of carbonyl (C=O) groups excluding carboxylic acids is 2. The van der Waals surface area contributed by atoms with Crippen LogP contribution in [0.3, 0.4) is 0 Å². The molecule has 1 aliphatic heterocycles. The summed E-state index contributed by atoms with van der Waals surface area (Å²) < 4.78 is 14.3. The van der Waals surface area contributed by atoms with Crippen molar-refractivity contribution in [2.75, 3.05) is 18.4 Å². The van der Waals surface area contributed by atoms with E-state index in [4.69, 9.17) is 0 Å². The molecule has 8 heteroatoms. The second-order valence-corrected chi connectivity index (χ2v) is 7.67. The number of aromatic amines is 1. The summed E-state index contributed by atoms with van der Waals surface area (Å²) in [5.74, 6) is -1.00. The number of benzene rings is 2. The number of carbonyl (C=O) groups is 2. The maximum Gasteiger partial charge on any atom is 0.272 e. The maximum absolute atomic E-state index is 14.3. The summed E-state index contributed by atoms with van der Waals surface area (Å²) in [6.45, 7) is 1.48. The largest absolute Gasteiger partial charge is 0.343 e. The topological polar surface area (TPSA) is 95.2 Å². The summed E-state index contributed by atoms with van der Waals surface area (Å²) in [5, 5.41) is 10.4. The number of hydrogen-bond donors (Lipinski definition) is 2. The molecule has 0 atom stereocenters. The molecule has 1 aromatic heterocycles. The second kappa shape index (κ2) is 9.07. The van der Waals surface area contributed by atoms with Crippen molar-refractivity contribution in [2.45, 2.75) is 32.1 Å². The standard InChI is InChI=1S/C23H23FN4O3/c24-18-8-7-15(13-19-16-5-1-2-6-17(16)23(31)27-26-19)14-20(18)25-21(29)9-10-22(30)28-11-3-4-12-28/h1-2,5-8,14H,3-4,9-13H2,(H,25,29)(H,27,31). The van der Waals surface area contributed by atoms with Gasteiger partial charge in [-0.05, 0) is 36.6 Å². The molecule has 2 heterocycles. The molecule has 2 aromatic carbocycles. The average Bonchev–Trinajstić information content (AvgIpc) is 3.32. The Balaban J connectivity index is 1.45. The molecule has 1 saturated heterocycles. The highest BCUT2D eigenvalue weighted by atomic mass is 19.1. The number of hydrogen-bond acceptors (Lipinski definition) is 4. The number of anilines is 1. The van der Waals surface area contributed by atoms with E-state index >= 15 is 0 Å². The van der Waals surface area contributed by atoms with E-state index in [0.717, 1.165) is 36.9 Å². The van der Waals surface area contributed by atoms with Gasteiger partial charge in [-0.2, -0.15) is 5.10 Å². The third kappa shape index (κ3) is 4.79. The van der Waals surface area contributed by atoms with Crippen molar-refractivity contribution in [1.29, 1.82) is 0 Å². The number of rotatable bonds is 6. The monoisotopic (exact) mass is 422 g/mol. The maximum atomic E-state index is 14.3. The van der Waals surface area contributed by atoms with E-state index in [-0.39, 0.29) is 30.0 Å². The molecule has 0 saturated carbocycles. The van der Waals surface area contributed by atoms with Gasteiger partial charge in [-0.3, -0.25) is 14.4 Å². The van der Waals surface area contributed by atoms with Gasteiger partial charge in [-0.15, -0.1) is 0 Å². The number of fused-ring (bicyclic) bond motifs is 1.